The topological polar surface area (TPSA) is 501 Å². The molecule has 2 aromatic carbocycles. The third kappa shape index (κ3) is 24.6. The van der Waals surface area contributed by atoms with E-state index in [9.17, 15) is 88.2 Å². The number of aliphatic hydroxyl groups is 1. The van der Waals surface area contributed by atoms with Gasteiger partial charge in [-0.2, -0.15) is 25.3 Å². The predicted molar refractivity (Wildman–Crippen MR) is 285 cm³/mol. The predicted octanol–water partition coefficient (Wildman–Crippen LogP) is -4.85. The number of phenolic OH excluding ortho intramolecular Hbond substituents is 2. The summed E-state index contributed by atoms with van der Waals surface area (Å²) in [4.78, 5) is 156. The van der Waals surface area contributed by atoms with Crippen LogP contribution in [0.1, 0.15) is 69.4 Å². The maximum atomic E-state index is 14.0. The molecule has 31 heteroatoms. The van der Waals surface area contributed by atoms with Crippen LogP contribution in [0.4, 0.5) is 0 Å². The summed E-state index contributed by atoms with van der Waals surface area (Å²) in [6, 6.07) is -3.67. The second kappa shape index (κ2) is 34.2. The number of aliphatic hydroxyl groups excluding tert-OH is 1. The smallest absolute Gasteiger partial charge is 0.326 e. The summed E-state index contributed by atoms with van der Waals surface area (Å²) in [5, 5.41) is 76.8. The molecular formula is C48H69N11O18S2. The minimum absolute atomic E-state index is 0.000601. The van der Waals surface area contributed by atoms with Crippen LogP contribution in [0.3, 0.4) is 0 Å². The molecule has 2 rings (SSSR count). The Kier molecular flexibility index (Phi) is 29.2. The van der Waals surface area contributed by atoms with E-state index in [4.69, 9.17) is 17.2 Å². The van der Waals surface area contributed by atoms with E-state index in [1.807, 2.05) is 0 Å². The lowest BCUT2D eigenvalue weighted by molar-refractivity contribution is -0.142. The Morgan fingerprint density at radius 1 is 0.494 bits per heavy atom. The maximum Gasteiger partial charge on any atom is 0.326 e. The summed E-state index contributed by atoms with van der Waals surface area (Å²) in [6.07, 6.45) is -5.42. The summed E-state index contributed by atoms with van der Waals surface area (Å²) in [5.74, 6) is -15.5. The van der Waals surface area contributed by atoms with E-state index < -0.39 is 169 Å². The number of carbonyl (C=O) groups is 12. The van der Waals surface area contributed by atoms with Gasteiger partial charge in [-0.25, -0.2) is 4.79 Å². The minimum atomic E-state index is -2.11. The molecule has 0 saturated carbocycles. The van der Waals surface area contributed by atoms with Crippen molar-refractivity contribution in [1.82, 2.24) is 42.5 Å². The zero-order valence-corrected chi connectivity index (χ0v) is 44.6. The highest BCUT2D eigenvalue weighted by Crippen LogP contribution is 2.14. The molecule has 0 fully saturated rings. The number of hydrogen-bond donors (Lipinski definition) is 19. The third-order valence-electron chi connectivity index (χ3n) is 11.6. The molecule has 436 valence electrons. The monoisotopic (exact) mass is 1150 g/mol. The number of hydrogen-bond acceptors (Lipinski definition) is 19. The van der Waals surface area contributed by atoms with Gasteiger partial charge in [-0.15, -0.1) is 0 Å². The minimum Gasteiger partial charge on any atom is -0.508 e. The average Bonchev–Trinajstić information content (AvgIpc) is 3.38. The van der Waals surface area contributed by atoms with Crippen LogP contribution in [-0.2, 0) is 70.4 Å². The van der Waals surface area contributed by atoms with Crippen molar-refractivity contribution in [3.63, 3.8) is 0 Å². The van der Waals surface area contributed by atoms with Crippen molar-refractivity contribution in [2.75, 3.05) is 18.1 Å². The number of thiol groups is 2. The molecule has 0 saturated heterocycles. The van der Waals surface area contributed by atoms with E-state index >= 15 is 0 Å². The summed E-state index contributed by atoms with van der Waals surface area (Å²) in [5.41, 5.74) is 18.0. The van der Waals surface area contributed by atoms with Gasteiger partial charge < -0.3 is 90.4 Å². The zero-order chi connectivity index (χ0) is 59.5. The van der Waals surface area contributed by atoms with Gasteiger partial charge in [0.2, 0.25) is 53.2 Å². The zero-order valence-electron chi connectivity index (χ0n) is 42.8. The van der Waals surface area contributed by atoms with Gasteiger partial charge in [0, 0.05) is 30.8 Å². The normalized spacial score (nSPS) is 14.8. The van der Waals surface area contributed by atoms with Crippen molar-refractivity contribution in [2.45, 2.75) is 132 Å². The fourth-order valence-electron chi connectivity index (χ4n) is 7.23. The molecule has 0 spiro atoms. The molecule has 0 aliphatic rings. The first-order valence-corrected chi connectivity index (χ1v) is 25.7. The number of carbonyl (C=O) groups excluding carboxylic acids is 9. The summed E-state index contributed by atoms with van der Waals surface area (Å²) in [7, 11) is 0. The number of benzene rings is 2. The number of nitrogens with one attached hydrogen (secondary N) is 8. The van der Waals surface area contributed by atoms with Crippen LogP contribution in [0.15, 0.2) is 48.5 Å². The molecule has 20 N–H and O–H groups in total. The van der Waals surface area contributed by atoms with Gasteiger partial charge >= 0.3 is 17.9 Å². The Morgan fingerprint density at radius 3 is 1.30 bits per heavy atom. The number of unbranched alkanes of at least 4 members (excludes halogenated alkanes) is 1. The quantitative estimate of drug-likeness (QED) is 0.0225. The van der Waals surface area contributed by atoms with Gasteiger partial charge in [-0.3, -0.25) is 52.7 Å². The van der Waals surface area contributed by atoms with E-state index in [0.29, 0.717) is 11.1 Å². The van der Waals surface area contributed by atoms with Crippen molar-refractivity contribution in [2.24, 2.45) is 17.2 Å². The van der Waals surface area contributed by atoms with Crippen LogP contribution < -0.4 is 59.7 Å². The van der Waals surface area contributed by atoms with E-state index in [1.54, 1.807) is 0 Å². The third-order valence-corrected chi connectivity index (χ3v) is 12.3. The summed E-state index contributed by atoms with van der Waals surface area (Å²) >= 11 is 8.19. The van der Waals surface area contributed by atoms with E-state index in [0.717, 1.165) is 6.92 Å². The van der Waals surface area contributed by atoms with Gasteiger partial charge in [-0.05, 0) is 87.4 Å². The molecule has 10 atom stereocenters. The first kappa shape index (κ1) is 67.4. The van der Waals surface area contributed by atoms with Gasteiger partial charge in [0.15, 0.2) is 0 Å². The van der Waals surface area contributed by atoms with E-state index in [2.05, 4.69) is 67.8 Å². The van der Waals surface area contributed by atoms with Crippen molar-refractivity contribution in [3.8, 4) is 11.5 Å². The molecule has 0 unspecified atom stereocenters. The van der Waals surface area contributed by atoms with Crippen molar-refractivity contribution in [1.29, 1.82) is 0 Å². The molecule has 0 aliphatic heterocycles. The molecule has 9 amide bonds. The summed E-state index contributed by atoms with van der Waals surface area (Å²) < 4.78 is 0. The van der Waals surface area contributed by atoms with Crippen LogP contribution in [0.5, 0.6) is 11.5 Å². The number of amides is 9. The number of aliphatic carboxylic acids is 3. The Morgan fingerprint density at radius 2 is 0.886 bits per heavy atom. The average molecular weight is 1150 g/mol. The van der Waals surface area contributed by atoms with Crippen LogP contribution in [0.2, 0.25) is 0 Å². The highest BCUT2D eigenvalue weighted by atomic mass is 32.1. The van der Waals surface area contributed by atoms with Crippen LogP contribution in [0, 0.1) is 0 Å². The van der Waals surface area contributed by atoms with Crippen LogP contribution in [0.25, 0.3) is 0 Å². The van der Waals surface area contributed by atoms with Crippen LogP contribution in [-0.4, -0.2) is 180 Å². The number of carboxylic acids is 3. The highest BCUT2D eigenvalue weighted by molar-refractivity contribution is 7.80. The second-order valence-corrected chi connectivity index (χ2v) is 18.8. The van der Waals surface area contributed by atoms with Gasteiger partial charge in [0.25, 0.3) is 0 Å². The molecular weight excluding hydrogens is 1080 g/mol. The van der Waals surface area contributed by atoms with Crippen molar-refractivity contribution >= 4 is 96.3 Å². The molecule has 2 aromatic rings. The first-order chi connectivity index (χ1) is 37.2. The summed E-state index contributed by atoms with van der Waals surface area (Å²) in [6.45, 7) is 1.14. The van der Waals surface area contributed by atoms with E-state index in [1.165, 1.54) is 48.5 Å². The Hall–Kier alpha value is -7.74. The molecule has 0 aliphatic carbocycles. The van der Waals surface area contributed by atoms with E-state index in [-0.39, 0.29) is 55.9 Å². The van der Waals surface area contributed by atoms with Crippen molar-refractivity contribution < 1.29 is 88.2 Å². The number of aromatic hydroxyl groups is 2. The lowest BCUT2D eigenvalue weighted by atomic mass is 10.0. The highest BCUT2D eigenvalue weighted by Gasteiger charge is 2.37. The van der Waals surface area contributed by atoms with Gasteiger partial charge in [-0.1, -0.05) is 24.3 Å². The Labute approximate surface area is 463 Å². The Bertz CT molecular complexity index is 2460. The number of primary amides is 1. The number of carboxylic acid groups (broad SMARTS) is 3. The molecule has 0 heterocycles. The molecule has 0 radical (unpaired) electrons. The molecule has 0 aromatic heterocycles. The molecule has 79 heavy (non-hydrogen) atoms. The number of rotatable bonds is 36. The van der Waals surface area contributed by atoms with Crippen molar-refractivity contribution in [3.05, 3.63) is 59.7 Å². The maximum absolute atomic E-state index is 14.0. The Balaban J connectivity index is 2.34. The standard InChI is InChI=1S/C48H69N11O18S2/c1-23(60)39(47(75)58-35(22-79)46(74)56-33(48(76)77)19-25-7-11-27(62)12-8-25)59-44(72)32(20-38(66)67)55-43(71)31(14-16-37(64)65)53-41(69)29(4-2-3-17-49)52-42(70)30(13-15-36(51)63)54-45(73)34(21-78)57-40(68)28(50)18-24-5-9-26(61)10-6-24/h5-12,23,28-35,39,60-62,78-79H,2-4,13-22,49-50H2,1H3,(H2,51,63)(H,52,70)(H,53,69)(H,54,73)(H,55,71)(H,56,74)(H,57,68)(H,58,75)(H,59,72)(H,64,65)(H,66,67)(H,76,77)/t23-,28+,29+,30+,31+,32+,33+,34+,35+,39+/m1/s1. The lowest BCUT2D eigenvalue weighted by Crippen LogP contribution is -2.62. The van der Waals surface area contributed by atoms with Gasteiger partial charge in [0.1, 0.15) is 59.8 Å². The first-order valence-electron chi connectivity index (χ1n) is 24.5. The SMILES string of the molecule is C[C@@H](O)[C@H](NC(=O)[C@H](CC(=O)O)NC(=O)[C@H](CCC(=O)O)NC(=O)[C@H](CCCCN)NC(=O)[C@H](CCC(N)=O)NC(=O)[C@H](CS)NC(=O)[C@@H](N)Cc1ccc(O)cc1)C(=O)N[C@@H](CS)C(=O)N[C@@H](Cc1ccc(O)cc1)C(=O)O. The second-order valence-electron chi connectivity index (χ2n) is 18.0. The van der Waals surface area contributed by atoms with Gasteiger partial charge in [0.05, 0.1) is 18.6 Å². The molecule has 29 nitrogen and oxygen atoms in total. The molecule has 0 bridgehead atoms. The fourth-order valence-corrected chi connectivity index (χ4v) is 7.75. The lowest BCUT2D eigenvalue weighted by Gasteiger charge is -2.28. The van der Waals surface area contributed by atoms with Crippen LogP contribution >= 0.6 is 25.3 Å². The largest absolute Gasteiger partial charge is 0.508 e. The number of phenols is 2. The fraction of sp³-hybridized carbons (Fsp3) is 0.500. The number of nitrogens with two attached hydrogens (primary N) is 3.